The van der Waals surface area contributed by atoms with Gasteiger partial charge < -0.3 is 14.2 Å². The van der Waals surface area contributed by atoms with Crippen LogP contribution in [-0.2, 0) is 42.8 Å². The van der Waals surface area contributed by atoms with Crippen LogP contribution in [0.4, 0.5) is 0 Å². The fraction of sp³-hybridized carbons (Fsp3) is 0.296. The van der Waals surface area contributed by atoms with Gasteiger partial charge >= 0.3 is 5.97 Å². The third-order valence-corrected chi connectivity index (χ3v) is 8.63. The van der Waals surface area contributed by atoms with Crippen molar-refractivity contribution in [2.45, 2.75) is 48.2 Å². The van der Waals surface area contributed by atoms with Gasteiger partial charge in [-0.05, 0) is 50.2 Å². The molecular formula is C27H28O10S2. The fourth-order valence-corrected chi connectivity index (χ4v) is 6.04. The lowest BCUT2D eigenvalue weighted by atomic mass is 10.1. The number of hydrogen-bond donors (Lipinski definition) is 0. The number of methoxy groups -OCH3 is 1. The predicted octanol–water partition coefficient (Wildman–Crippen LogP) is 3.38. The Balaban J connectivity index is 1.71. The topological polar surface area (TPSA) is 132 Å². The Labute approximate surface area is 227 Å². The van der Waals surface area contributed by atoms with E-state index in [-0.39, 0.29) is 22.0 Å². The van der Waals surface area contributed by atoms with E-state index in [0.717, 1.165) is 11.1 Å². The predicted molar refractivity (Wildman–Crippen MR) is 139 cm³/mol. The maximum absolute atomic E-state index is 13.3. The number of carbonyl (C=O) groups is 1. The van der Waals surface area contributed by atoms with Gasteiger partial charge in [-0.3, -0.25) is 8.37 Å². The van der Waals surface area contributed by atoms with E-state index in [4.69, 9.17) is 22.6 Å². The monoisotopic (exact) mass is 576 g/mol. The highest BCUT2D eigenvalue weighted by Crippen LogP contribution is 2.31. The van der Waals surface area contributed by atoms with Crippen molar-refractivity contribution < 1.29 is 44.2 Å². The van der Waals surface area contributed by atoms with Gasteiger partial charge in [0.15, 0.2) is 18.5 Å². The van der Waals surface area contributed by atoms with E-state index in [2.05, 4.69) is 0 Å². The number of benzene rings is 3. The average molecular weight is 577 g/mol. The molecule has 0 unspecified atom stereocenters. The van der Waals surface area contributed by atoms with Crippen LogP contribution < -0.4 is 0 Å². The summed E-state index contributed by atoms with van der Waals surface area (Å²) in [6.07, 6.45) is -6.05. The van der Waals surface area contributed by atoms with Crippen LogP contribution in [0.5, 0.6) is 0 Å². The number of esters is 1. The van der Waals surface area contributed by atoms with E-state index in [0.29, 0.717) is 0 Å². The minimum atomic E-state index is -4.48. The zero-order chi connectivity index (χ0) is 28.2. The van der Waals surface area contributed by atoms with Crippen molar-refractivity contribution in [3.63, 3.8) is 0 Å². The maximum Gasteiger partial charge on any atom is 0.338 e. The summed E-state index contributed by atoms with van der Waals surface area (Å²) in [6.45, 7) is 3.23. The average Bonchev–Trinajstić information content (AvgIpc) is 2.91. The zero-order valence-corrected chi connectivity index (χ0v) is 23.1. The highest BCUT2D eigenvalue weighted by molar-refractivity contribution is 7.87. The number of hydrogen-bond acceptors (Lipinski definition) is 10. The molecule has 0 spiro atoms. The standard InChI is InChI=1S/C27H28O10S2/c1-18-9-13-21(14-10-18)38(29,30)36-24-23(35-26(28)20-7-5-4-6-8-20)17-34-27(33-3)25(24)37-39(31,32)22-15-11-19(2)12-16-22/h4-16,23-25,27H,17H2,1-3H3/t23-,24+,25+,27-/m0/s1. The van der Waals surface area contributed by atoms with Crippen LogP contribution >= 0.6 is 0 Å². The molecule has 1 heterocycles. The summed E-state index contributed by atoms with van der Waals surface area (Å²) < 4.78 is 80.4. The second-order valence-electron chi connectivity index (χ2n) is 8.90. The van der Waals surface area contributed by atoms with Gasteiger partial charge in [0.25, 0.3) is 20.2 Å². The Morgan fingerprint density at radius 2 is 1.23 bits per heavy atom. The fourth-order valence-electron chi connectivity index (χ4n) is 3.86. The Bertz CT molecular complexity index is 1490. The second-order valence-corrected chi connectivity index (χ2v) is 12.0. The van der Waals surface area contributed by atoms with Crippen LogP contribution in [0, 0.1) is 13.8 Å². The smallest absolute Gasteiger partial charge is 0.338 e. The summed E-state index contributed by atoms with van der Waals surface area (Å²) in [5.41, 5.74) is 1.83. The summed E-state index contributed by atoms with van der Waals surface area (Å²) in [6, 6.07) is 19.7. The van der Waals surface area contributed by atoms with Gasteiger partial charge in [-0.15, -0.1) is 0 Å². The third-order valence-electron chi connectivity index (χ3n) is 5.98. The van der Waals surface area contributed by atoms with Gasteiger partial charge in [0.05, 0.1) is 22.0 Å². The van der Waals surface area contributed by atoms with E-state index in [1.54, 1.807) is 56.3 Å². The molecule has 0 aromatic heterocycles. The summed E-state index contributed by atoms with van der Waals surface area (Å²) in [5, 5.41) is 0. The van der Waals surface area contributed by atoms with Crippen molar-refractivity contribution in [1.82, 2.24) is 0 Å². The lowest BCUT2D eigenvalue weighted by Gasteiger charge is -2.39. The lowest BCUT2D eigenvalue weighted by Crippen LogP contribution is -2.58. The van der Waals surface area contributed by atoms with Crippen molar-refractivity contribution in [2.75, 3.05) is 13.7 Å². The van der Waals surface area contributed by atoms with E-state index in [1.165, 1.54) is 43.5 Å². The minimum absolute atomic E-state index is 0.175. The molecule has 39 heavy (non-hydrogen) atoms. The van der Waals surface area contributed by atoms with Crippen molar-refractivity contribution in [3.8, 4) is 0 Å². The van der Waals surface area contributed by atoms with Crippen LogP contribution in [0.25, 0.3) is 0 Å². The molecular weight excluding hydrogens is 548 g/mol. The molecule has 0 N–H and O–H groups in total. The third kappa shape index (κ3) is 6.90. The van der Waals surface area contributed by atoms with Gasteiger partial charge in [-0.1, -0.05) is 53.6 Å². The van der Waals surface area contributed by atoms with Gasteiger partial charge in [0.2, 0.25) is 0 Å². The van der Waals surface area contributed by atoms with E-state index in [1.807, 2.05) is 0 Å². The molecule has 208 valence electrons. The molecule has 12 heteroatoms. The number of rotatable bonds is 9. The Hall–Kier alpha value is -3.13. The molecule has 4 rings (SSSR count). The summed E-state index contributed by atoms with van der Waals surface area (Å²) in [5.74, 6) is -0.790. The van der Waals surface area contributed by atoms with E-state index >= 15 is 0 Å². The Morgan fingerprint density at radius 1 is 0.744 bits per heavy atom. The number of ether oxygens (including phenoxy) is 3. The summed E-state index contributed by atoms with van der Waals surface area (Å²) in [7, 11) is -7.70. The molecule has 0 saturated carbocycles. The SMILES string of the molecule is CO[C@H]1OC[C@H](OC(=O)c2ccccc2)[C@@H](OS(=O)(=O)c2ccc(C)cc2)[C@H]1OS(=O)(=O)c1ccc(C)cc1. The van der Waals surface area contributed by atoms with Crippen molar-refractivity contribution in [2.24, 2.45) is 0 Å². The first-order valence-electron chi connectivity index (χ1n) is 11.9. The quantitative estimate of drug-likeness (QED) is 0.276. The molecule has 3 aromatic rings. The molecule has 1 aliphatic rings. The molecule has 1 saturated heterocycles. The molecule has 3 aromatic carbocycles. The first-order valence-corrected chi connectivity index (χ1v) is 14.7. The van der Waals surface area contributed by atoms with Crippen LogP contribution in [-0.4, -0.2) is 61.1 Å². The van der Waals surface area contributed by atoms with Gasteiger partial charge in [-0.25, -0.2) is 4.79 Å². The Kier molecular flexibility index (Phi) is 8.84. The van der Waals surface area contributed by atoms with Gasteiger partial charge in [0.1, 0.15) is 6.10 Å². The van der Waals surface area contributed by atoms with Crippen LogP contribution in [0.1, 0.15) is 21.5 Å². The minimum Gasteiger partial charge on any atom is -0.453 e. The van der Waals surface area contributed by atoms with Crippen molar-refractivity contribution in [1.29, 1.82) is 0 Å². The van der Waals surface area contributed by atoms with Gasteiger partial charge in [0, 0.05) is 7.11 Å². The van der Waals surface area contributed by atoms with Crippen molar-refractivity contribution >= 4 is 26.2 Å². The Morgan fingerprint density at radius 3 is 1.72 bits per heavy atom. The first-order chi connectivity index (χ1) is 18.5. The molecule has 0 amide bonds. The molecule has 1 fully saturated rings. The largest absolute Gasteiger partial charge is 0.453 e. The maximum atomic E-state index is 13.3. The number of carbonyl (C=O) groups excluding carboxylic acids is 1. The summed E-state index contributed by atoms with van der Waals surface area (Å²) >= 11 is 0. The van der Waals surface area contributed by atoms with Crippen LogP contribution in [0.2, 0.25) is 0 Å². The molecule has 0 aliphatic carbocycles. The zero-order valence-electron chi connectivity index (χ0n) is 21.4. The first kappa shape index (κ1) is 28.9. The molecule has 4 atom stereocenters. The van der Waals surface area contributed by atoms with Crippen LogP contribution in [0.15, 0.2) is 88.7 Å². The van der Waals surface area contributed by atoms with Crippen molar-refractivity contribution in [3.05, 3.63) is 95.6 Å². The normalized spacial score (nSPS) is 21.8. The second kappa shape index (κ2) is 11.9. The van der Waals surface area contributed by atoms with E-state index < -0.39 is 50.8 Å². The summed E-state index contributed by atoms with van der Waals surface area (Å²) in [4.78, 5) is 12.5. The van der Waals surface area contributed by atoms with E-state index in [9.17, 15) is 21.6 Å². The molecule has 1 aliphatic heterocycles. The highest BCUT2D eigenvalue weighted by atomic mass is 32.2. The van der Waals surface area contributed by atoms with Gasteiger partial charge in [-0.2, -0.15) is 16.8 Å². The number of aryl methyl sites for hydroxylation is 2. The lowest BCUT2D eigenvalue weighted by molar-refractivity contribution is -0.248. The van der Waals surface area contributed by atoms with Crippen LogP contribution in [0.3, 0.4) is 0 Å². The molecule has 0 radical (unpaired) electrons. The highest BCUT2D eigenvalue weighted by Gasteiger charge is 2.49. The molecule has 0 bridgehead atoms. The molecule has 10 nitrogen and oxygen atoms in total.